The number of aromatic nitrogens is 5. The van der Waals surface area contributed by atoms with Crippen molar-refractivity contribution in [3.05, 3.63) is 65.6 Å². The monoisotopic (exact) mass is 436 g/mol. The number of anilines is 1. The van der Waals surface area contributed by atoms with Gasteiger partial charge in [-0.2, -0.15) is 9.78 Å². The highest BCUT2D eigenvalue weighted by atomic mass is 19.1. The molecule has 3 N–H and O–H groups in total. The van der Waals surface area contributed by atoms with Crippen molar-refractivity contribution in [1.29, 1.82) is 0 Å². The number of halogens is 1. The minimum atomic E-state index is -0.678. The maximum absolute atomic E-state index is 13.7. The van der Waals surface area contributed by atoms with Crippen LogP contribution in [-0.4, -0.2) is 44.0 Å². The van der Waals surface area contributed by atoms with E-state index in [9.17, 15) is 9.18 Å². The van der Waals surface area contributed by atoms with Crippen molar-refractivity contribution in [3.63, 3.8) is 0 Å². The molecule has 0 aliphatic rings. The Morgan fingerprint density at radius 3 is 2.72 bits per heavy atom. The molecule has 2 aromatic carbocycles. The van der Waals surface area contributed by atoms with Crippen molar-refractivity contribution in [1.82, 2.24) is 30.7 Å². The number of benzene rings is 2. The molecule has 0 saturated heterocycles. The van der Waals surface area contributed by atoms with Gasteiger partial charge in [0.1, 0.15) is 17.3 Å². The quantitative estimate of drug-likeness (QED) is 0.331. The summed E-state index contributed by atoms with van der Waals surface area (Å²) in [5, 5.41) is 19.0. The highest BCUT2D eigenvalue weighted by Gasteiger charge is 2.25. The van der Waals surface area contributed by atoms with Crippen LogP contribution in [-0.2, 0) is 0 Å². The van der Waals surface area contributed by atoms with E-state index in [0.29, 0.717) is 17.9 Å². The Kier molecular flexibility index (Phi) is 5.83. The summed E-state index contributed by atoms with van der Waals surface area (Å²) in [4.78, 5) is 12.8. The zero-order chi connectivity index (χ0) is 22.5. The maximum atomic E-state index is 13.7. The second-order valence-electron chi connectivity index (χ2n) is 6.35. The number of hydrogen-bond donors (Lipinski definition) is 2. The first-order valence-corrected chi connectivity index (χ1v) is 9.43. The summed E-state index contributed by atoms with van der Waals surface area (Å²) < 4.78 is 25.1. The van der Waals surface area contributed by atoms with Crippen LogP contribution in [0.5, 0.6) is 5.75 Å². The number of rotatable bonds is 7. The predicted molar refractivity (Wildman–Crippen MR) is 112 cm³/mol. The molecule has 0 bridgehead atoms. The average Bonchev–Trinajstić information content (AvgIpc) is 3.42. The van der Waals surface area contributed by atoms with Crippen LogP contribution in [0.3, 0.4) is 0 Å². The lowest BCUT2D eigenvalue weighted by atomic mass is 10.1. The molecule has 0 fully saturated rings. The number of nitrogens with two attached hydrogens (primary N) is 1. The van der Waals surface area contributed by atoms with Gasteiger partial charge in [0.25, 0.3) is 5.91 Å². The minimum absolute atomic E-state index is 0.0355. The summed E-state index contributed by atoms with van der Waals surface area (Å²) in [5.74, 6) is -0.469. The van der Waals surface area contributed by atoms with Crippen LogP contribution in [0.25, 0.3) is 17.1 Å². The van der Waals surface area contributed by atoms with Crippen molar-refractivity contribution in [2.45, 2.75) is 6.92 Å². The van der Waals surface area contributed by atoms with Gasteiger partial charge in [-0.3, -0.25) is 4.79 Å². The van der Waals surface area contributed by atoms with Crippen molar-refractivity contribution in [2.24, 2.45) is 5.10 Å². The van der Waals surface area contributed by atoms with Crippen LogP contribution < -0.4 is 15.9 Å². The van der Waals surface area contributed by atoms with Crippen molar-refractivity contribution < 1.29 is 18.6 Å². The molecule has 4 rings (SSSR count). The number of ether oxygens (including phenoxy) is 1. The largest absolute Gasteiger partial charge is 0.494 e. The fraction of sp³-hybridized carbons (Fsp3) is 0.100. The Balaban J connectivity index is 1.69. The van der Waals surface area contributed by atoms with Gasteiger partial charge in [0.15, 0.2) is 5.69 Å². The maximum Gasteiger partial charge on any atom is 0.294 e. The lowest BCUT2D eigenvalue weighted by molar-refractivity contribution is 0.0950. The number of amides is 1. The Bertz CT molecular complexity index is 1270. The van der Waals surface area contributed by atoms with Gasteiger partial charge in [-0.25, -0.2) is 14.4 Å². The Morgan fingerprint density at radius 1 is 1.25 bits per heavy atom. The molecule has 4 aromatic rings. The summed E-state index contributed by atoms with van der Waals surface area (Å²) >= 11 is 0. The summed E-state index contributed by atoms with van der Waals surface area (Å²) in [5.41, 5.74) is 9.10. The van der Waals surface area contributed by atoms with Gasteiger partial charge in [-0.1, -0.05) is 23.4 Å². The highest BCUT2D eigenvalue weighted by molar-refractivity contribution is 5.98. The summed E-state index contributed by atoms with van der Waals surface area (Å²) in [6.07, 6.45) is 1.19. The van der Waals surface area contributed by atoms with E-state index in [2.05, 4.69) is 35.8 Å². The van der Waals surface area contributed by atoms with Gasteiger partial charge in [0, 0.05) is 11.1 Å². The summed E-state index contributed by atoms with van der Waals surface area (Å²) in [6, 6.07) is 12.9. The number of hydrogen-bond acceptors (Lipinski definition) is 9. The van der Waals surface area contributed by atoms with Crippen molar-refractivity contribution >= 4 is 17.9 Å². The molecule has 0 unspecified atom stereocenters. The number of nitrogen functional groups attached to an aromatic ring is 1. The lowest BCUT2D eigenvalue weighted by Crippen LogP contribution is -2.19. The molecule has 0 aliphatic heterocycles. The van der Waals surface area contributed by atoms with E-state index in [-0.39, 0.29) is 28.6 Å². The lowest BCUT2D eigenvalue weighted by Gasteiger charge is -2.07. The molecule has 0 spiro atoms. The normalized spacial score (nSPS) is 11.1. The van der Waals surface area contributed by atoms with E-state index >= 15 is 0 Å². The minimum Gasteiger partial charge on any atom is -0.494 e. The summed E-state index contributed by atoms with van der Waals surface area (Å²) in [6.45, 7) is 2.38. The number of carbonyl (C=O) groups excluding carboxylic acids is 1. The molecule has 2 heterocycles. The second kappa shape index (κ2) is 9.04. The van der Waals surface area contributed by atoms with Gasteiger partial charge < -0.3 is 10.5 Å². The van der Waals surface area contributed by atoms with E-state index < -0.39 is 11.7 Å². The topological polar surface area (TPSA) is 146 Å². The van der Waals surface area contributed by atoms with Crippen LogP contribution in [0.1, 0.15) is 23.0 Å². The van der Waals surface area contributed by atoms with Gasteiger partial charge in [0.05, 0.1) is 12.8 Å². The van der Waals surface area contributed by atoms with Gasteiger partial charge in [-0.15, -0.1) is 5.10 Å². The molecule has 0 aliphatic carbocycles. The molecule has 162 valence electrons. The molecular formula is C20H17FN8O3. The zero-order valence-corrected chi connectivity index (χ0v) is 16.8. The van der Waals surface area contributed by atoms with Gasteiger partial charge in [-0.05, 0) is 47.6 Å². The fourth-order valence-corrected chi connectivity index (χ4v) is 2.85. The van der Waals surface area contributed by atoms with Crippen LogP contribution in [0.4, 0.5) is 10.2 Å². The first-order chi connectivity index (χ1) is 15.6. The molecule has 1 amide bonds. The number of hydrazone groups is 1. The molecular weight excluding hydrogens is 419 g/mol. The van der Waals surface area contributed by atoms with Gasteiger partial charge >= 0.3 is 0 Å². The van der Waals surface area contributed by atoms with E-state index in [1.807, 2.05) is 6.92 Å². The molecule has 11 nitrogen and oxygen atoms in total. The third-order valence-corrected chi connectivity index (χ3v) is 4.30. The van der Waals surface area contributed by atoms with Gasteiger partial charge in [0.2, 0.25) is 11.6 Å². The Labute approximate surface area is 180 Å². The zero-order valence-electron chi connectivity index (χ0n) is 16.8. The Morgan fingerprint density at radius 2 is 2.03 bits per heavy atom. The third-order valence-electron chi connectivity index (χ3n) is 4.30. The number of nitrogens with zero attached hydrogens (tertiary/aromatic N) is 6. The fourth-order valence-electron chi connectivity index (χ4n) is 2.85. The molecule has 32 heavy (non-hydrogen) atoms. The smallest absolute Gasteiger partial charge is 0.294 e. The molecule has 12 heteroatoms. The number of nitrogens with one attached hydrogen (secondary N) is 1. The molecule has 0 atom stereocenters. The molecule has 0 radical (unpaired) electrons. The van der Waals surface area contributed by atoms with E-state index in [1.54, 1.807) is 36.4 Å². The molecule has 0 saturated carbocycles. The highest BCUT2D eigenvalue weighted by Crippen LogP contribution is 2.28. The predicted octanol–water partition coefficient (Wildman–Crippen LogP) is 2.20. The number of carbonyl (C=O) groups is 1. The molecule has 2 aromatic heterocycles. The third kappa shape index (κ3) is 4.14. The van der Waals surface area contributed by atoms with Crippen LogP contribution in [0.2, 0.25) is 0 Å². The average molecular weight is 436 g/mol. The van der Waals surface area contributed by atoms with Crippen LogP contribution in [0.15, 0.2) is 58.3 Å². The standard InChI is InChI=1S/C20H17FN8O3/c1-2-31-14-9-7-12(8-10-14)17-16(24-28-29(17)19-18(22)26-32-27-19)20(30)25-23-11-13-5-3-4-6-15(13)21/h3-11H,2H2,1H3,(H2,22,26)(H,25,30)/b23-11+. The van der Waals surface area contributed by atoms with Crippen molar-refractivity contribution in [2.75, 3.05) is 12.3 Å². The van der Waals surface area contributed by atoms with E-state index in [0.717, 1.165) is 0 Å². The van der Waals surface area contributed by atoms with E-state index in [4.69, 9.17) is 10.5 Å². The van der Waals surface area contributed by atoms with Crippen molar-refractivity contribution in [3.8, 4) is 22.8 Å². The first-order valence-electron chi connectivity index (χ1n) is 9.43. The Hall–Kier alpha value is -4.61. The summed E-state index contributed by atoms with van der Waals surface area (Å²) in [7, 11) is 0. The van der Waals surface area contributed by atoms with E-state index in [1.165, 1.54) is 23.0 Å². The second-order valence-corrected chi connectivity index (χ2v) is 6.35. The first kappa shape index (κ1) is 20.7. The van der Waals surface area contributed by atoms with Crippen LogP contribution >= 0.6 is 0 Å². The SMILES string of the molecule is CCOc1ccc(-c2c(C(=O)N/N=C/c3ccccc3F)nnn2-c2nonc2N)cc1. The van der Waals surface area contributed by atoms with Crippen LogP contribution in [0, 0.1) is 5.82 Å².